The smallest absolute Gasteiger partial charge is 0.331 e. The highest BCUT2D eigenvalue weighted by Gasteiger charge is 2.15. The summed E-state index contributed by atoms with van der Waals surface area (Å²) in [5.74, 6) is 0.143. The van der Waals surface area contributed by atoms with Gasteiger partial charge in [0.05, 0.1) is 0 Å². The van der Waals surface area contributed by atoms with Crippen molar-refractivity contribution in [3.63, 3.8) is 0 Å². The average molecular weight is 275 g/mol. The third-order valence-electron chi connectivity index (χ3n) is 2.48. The van der Waals surface area contributed by atoms with Crippen LogP contribution >= 0.6 is 0 Å². The Morgan fingerprint density at radius 3 is 2.90 bits per heavy atom. The number of amides is 2. The van der Waals surface area contributed by atoms with Crippen molar-refractivity contribution in [3.8, 4) is 0 Å². The molecule has 106 valence electrons. The molecule has 2 rings (SSSR count). The molecule has 6 nitrogen and oxygen atoms in total. The number of urea groups is 1. The van der Waals surface area contributed by atoms with E-state index in [9.17, 15) is 9.59 Å². The van der Waals surface area contributed by atoms with Gasteiger partial charge in [0, 0.05) is 24.4 Å². The summed E-state index contributed by atoms with van der Waals surface area (Å²) in [6.07, 6.45) is 4.59. The first-order valence-electron chi connectivity index (χ1n) is 6.28. The molecule has 0 saturated heterocycles. The normalized spacial score (nSPS) is 14.4. The minimum absolute atomic E-state index is 0.262. The molecule has 0 fully saturated rings. The summed E-state index contributed by atoms with van der Waals surface area (Å²) in [6, 6.07) is 1.59. The van der Waals surface area contributed by atoms with Gasteiger partial charge in [-0.3, -0.25) is 5.32 Å². The summed E-state index contributed by atoms with van der Waals surface area (Å²) < 4.78 is 5.17. The lowest BCUT2D eigenvalue weighted by molar-refractivity contribution is -0.148. The van der Waals surface area contributed by atoms with Crippen LogP contribution in [0.3, 0.4) is 0 Å². The third-order valence-corrected chi connectivity index (χ3v) is 2.48. The number of carbonyl (C=O) groups excluding carboxylic acids is 2. The molecule has 1 aliphatic heterocycles. The highest BCUT2D eigenvalue weighted by atomic mass is 16.6. The quantitative estimate of drug-likeness (QED) is 0.639. The van der Waals surface area contributed by atoms with Crippen LogP contribution in [0.5, 0.6) is 0 Å². The topological polar surface area (TPSA) is 80.3 Å². The van der Waals surface area contributed by atoms with Crippen molar-refractivity contribution < 1.29 is 14.3 Å². The fourth-order valence-corrected chi connectivity index (χ4v) is 1.69. The Morgan fingerprint density at radius 1 is 1.45 bits per heavy atom. The average Bonchev–Trinajstić information content (AvgIpc) is 2.34. The number of hydrogen-bond donors (Lipinski definition) is 2. The van der Waals surface area contributed by atoms with Crippen molar-refractivity contribution in [3.05, 3.63) is 29.5 Å². The van der Waals surface area contributed by atoms with Gasteiger partial charge in [-0.1, -0.05) is 0 Å². The molecule has 1 aliphatic rings. The van der Waals surface area contributed by atoms with Crippen molar-refractivity contribution in [2.75, 3.05) is 5.32 Å². The first-order valence-corrected chi connectivity index (χ1v) is 6.28. The van der Waals surface area contributed by atoms with E-state index < -0.39 is 11.6 Å². The summed E-state index contributed by atoms with van der Waals surface area (Å²) in [5, 5.41) is 5.26. The lowest BCUT2D eigenvalue weighted by Gasteiger charge is -2.18. The third kappa shape index (κ3) is 3.81. The van der Waals surface area contributed by atoms with Gasteiger partial charge in [0.25, 0.3) is 0 Å². The molecular weight excluding hydrogens is 258 g/mol. The molecule has 0 spiro atoms. The predicted molar refractivity (Wildman–Crippen MR) is 75.0 cm³/mol. The van der Waals surface area contributed by atoms with E-state index in [0.29, 0.717) is 12.4 Å². The molecule has 0 aromatic carbocycles. The first-order chi connectivity index (χ1) is 9.33. The zero-order valence-corrected chi connectivity index (χ0v) is 11.7. The Bertz CT molecular complexity index is 574. The Morgan fingerprint density at radius 2 is 2.20 bits per heavy atom. The van der Waals surface area contributed by atoms with E-state index in [1.54, 1.807) is 12.3 Å². The van der Waals surface area contributed by atoms with Gasteiger partial charge in [0.15, 0.2) is 0 Å². The SMILES string of the molecule is CC(C)(C)OC(=O)/C=C/c1cnc2c(c1)CNC(=O)N2. The highest BCUT2D eigenvalue weighted by molar-refractivity contribution is 5.91. The van der Waals surface area contributed by atoms with Crippen LogP contribution in [0.15, 0.2) is 18.3 Å². The second-order valence-corrected chi connectivity index (χ2v) is 5.45. The first kappa shape index (κ1) is 14.0. The summed E-state index contributed by atoms with van der Waals surface area (Å²) in [7, 11) is 0. The van der Waals surface area contributed by atoms with Gasteiger partial charge in [0.1, 0.15) is 11.4 Å². The molecule has 0 unspecified atom stereocenters. The van der Waals surface area contributed by atoms with Crippen molar-refractivity contribution in [1.29, 1.82) is 0 Å². The number of esters is 1. The summed E-state index contributed by atoms with van der Waals surface area (Å²) >= 11 is 0. The maximum atomic E-state index is 11.6. The number of nitrogens with zero attached hydrogens (tertiary/aromatic N) is 1. The van der Waals surface area contributed by atoms with Gasteiger partial charge < -0.3 is 10.1 Å². The minimum atomic E-state index is -0.510. The van der Waals surface area contributed by atoms with E-state index in [4.69, 9.17) is 4.74 Å². The highest BCUT2D eigenvalue weighted by Crippen LogP contribution is 2.18. The van der Waals surface area contributed by atoms with E-state index in [1.807, 2.05) is 26.8 Å². The van der Waals surface area contributed by atoms with Crippen LogP contribution in [-0.2, 0) is 16.1 Å². The van der Waals surface area contributed by atoms with Gasteiger partial charge in [0.2, 0.25) is 0 Å². The van der Waals surface area contributed by atoms with Crippen LogP contribution in [0.4, 0.5) is 10.6 Å². The zero-order valence-electron chi connectivity index (χ0n) is 11.7. The molecule has 0 aliphatic carbocycles. The second-order valence-electron chi connectivity index (χ2n) is 5.45. The monoisotopic (exact) mass is 275 g/mol. The Labute approximate surface area is 117 Å². The van der Waals surface area contributed by atoms with Crippen LogP contribution in [-0.4, -0.2) is 22.6 Å². The lowest BCUT2D eigenvalue weighted by atomic mass is 10.1. The number of rotatable bonds is 2. The summed E-state index contributed by atoms with van der Waals surface area (Å²) in [5.41, 5.74) is 1.13. The van der Waals surface area contributed by atoms with Crippen LogP contribution in [0.25, 0.3) is 6.08 Å². The van der Waals surface area contributed by atoms with Gasteiger partial charge in [-0.2, -0.15) is 0 Å². The van der Waals surface area contributed by atoms with Crippen LogP contribution < -0.4 is 10.6 Å². The molecule has 0 radical (unpaired) electrons. The van der Waals surface area contributed by atoms with E-state index in [2.05, 4.69) is 15.6 Å². The number of ether oxygens (including phenoxy) is 1. The number of nitrogens with one attached hydrogen (secondary N) is 2. The Hall–Kier alpha value is -2.37. The molecule has 0 saturated carbocycles. The van der Waals surface area contributed by atoms with E-state index in [1.165, 1.54) is 6.08 Å². The van der Waals surface area contributed by atoms with Crippen molar-refractivity contribution in [1.82, 2.24) is 10.3 Å². The molecule has 20 heavy (non-hydrogen) atoms. The zero-order chi connectivity index (χ0) is 14.8. The number of fused-ring (bicyclic) bond motifs is 1. The molecule has 0 bridgehead atoms. The fourth-order valence-electron chi connectivity index (χ4n) is 1.69. The number of hydrogen-bond acceptors (Lipinski definition) is 4. The summed E-state index contributed by atoms with van der Waals surface area (Å²) in [6.45, 7) is 5.86. The van der Waals surface area contributed by atoms with Gasteiger partial charge in [-0.15, -0.1) is 0 Å². The largest absolute Gasteiger partial charge is 0.457 e. The lowest BCUT2D eigenvalue weighted by Crippen LogP contribution is -2.33. The molecular formula is C14H17N3O3. The molecule has 1 aromatic rings. The van der Waals surface area contributed by atoms with Crippen LogP contribution in [0.2, 0.25) is 0 Å². The number of pyridine rings is 1. The fraction of sp³-hybridized carbons (Fsp3) is 0.357. The number of aromatic nitrogens is 1. The van der Waals surface area contributed by atoms with E-state index >= 15 is 0 Å². The number of carbonyl (C=O) groups is 2. The molecule has 6 heteroatoms. The van der Waals surface area contributed by atoms with Crippen LogP contribution in [0, 0.1) is 0 Å². The van der Waals surface area contributed by atoms with E-state index in [0.717, 1.165) is 11.1 Å². The number of anilines is 1. The standard InChI is InChI=1S/C14H17N3O3/c1-14(2,3)20-11(18)5-4-9-6-10-8-16-13(19)17-12(10)15-7-9/h4-7H,8H2,1-3H3,(H2,15,16,17,19)/b5-4+. The maximum absolute atomic E-state index is 11.6. The van der Waals surface area contributed by atoms with E-state index in [-0.39, 0.29) is 6.03 Å². The van der Waals surface area contributed by atoms with Gasteiger partial charge >= 0.3 is 12.0 Å². The van der Waals surface area contributed by atoms with Crippen molar-refractivity contribution in [2.24, 2.45) is 0 Å². The second kappa shape index (κ2) is 5.32. The van der Waals surface area contributed by atoms with Crippen molar-refractivity contribution in [2.45, 2.75) is 32.9 Å². The Kier molecular flexibility index (Phi) is 3.74. The Balaban J connectivity index is 2.07. The van der Waals surface area contributed by atoms with Gasteiger partial charge in [-0.25, -0.2) is 14.6 Å². The minimum Gasteiger partial charge on any atom is -0.457 e. The van der Waals surface area contributed by atoms with Crippen LogP contribution in [0.1, 0.15) is 31.9 Å². The molecule has 2 N–H and O–H groups in total. The molecule has 0 atom stereocenters. The predicted octanol–water partition coefficient (Wildman–Crippen LogP) is 2.07. The van der Waals surface area contributed by atoms with Gasteiger partial charge in [-0.05, 0) is 38.5 Å². The molecule has 1 aromatic heterocycles. The van der Waals surface area contributed by atoms with Crippen molar-refractivity contribution >= 4 is 23.9 Å². The maximum Gasteiger partial charge on any atom is 0.331 e. The molecule has 2 heterocycles. The molecule has 2 amide bonds. The summed E-state index contributed by atoms with van der Waals surface area (Å²) in [4.78, 5) is 26.8.